The van der Waals surface area contributed by atoms with E-state index in [1.165, 1.54) is 9.80 Å². The van der Waals surface area contributed by atoms with Gasteiger partial charge in [0.25, 0.3) is 10.0 Å². The number of hydrogen-bond acceptors (Lipinski definition) is 11. The molecule has 2 aromatic carbocycles. The minimum absolute atomic E-state index is 0.0294. The minimum atomic E-state index is -4.20. The van der Waals surface area contributed by atoms with E-state index in [1.807, 2.05) is 20.8 Å². The van der Waals surface area contributed by atoms with Gasteiger partial charge in [-0.25, -0.2) is 13.1 Å². The summed E-state index contributed by atoms with van der Waals surface area (Å²) in [5.74, 6) is -2.61. The Morgan fingerprint density at radius 1 is 0.855 bits per heavy atom. The fourth-order valence-corrected chi connectivity index (χ4v) is 12.5. The number of carbonyl (C=O) groups excluding carboxylic acids is 6. The third-order valence-electron chi connectivity index (χ3n) is 15.2. The molecule has 416 valence electrons. The molecule has 2 aromatic rings. The van der Waals surface area contributed by atoms with E-state index in [-0.39, 0.29) is 68.5 Å². The number of carbonyl (C=O) groups is 6. The van der Waals surface area contributed by atoms with Gasteiger partial charge in [-0.15, -0.1) is 13.2 Å². The highest BCUT2D eigenvalue weighted by Crippen LogP contribution is 2.44. The molecule has 2 saturated heterocycles. The highest BCUT2D eigenvalue weighted by atomic mass is 35.5. The number of ether oxygens (including phenoxy) is 1. The maximum absolute atomic E-state index is 14.6. The molecule has 0 aromatic heterocycles. The highest BCUT2D eigenvalue weighted by molar-refractivity contribution is 7.90. The number of nitrogens with one attached hydrogen (secondary N) is 5. The Labute approximate surface area is 453 Å². The Kier molecular flexibility index (Phi) is 20.2. The monoisotopic (exact) mass is 1090 g/mol. The Morgan fingerprint density at radius 2 is 1.49 bits per heavy atom. The number of fused-ring (bicyclic) bond motifs is 1. The summed E-state index contributed by atoms with van der Waals surface area (Å²) in [5.41, 5.74) is 13.8. The molecular weight excluding hydrogens is 1010 g/mol. The zero-order valence-corrected chi connectivity index (χ0v) is 46.4. The molecule has 0 radical (unpaired) electrons. The molecule has 21 heteroatoms. The van der Waals surface area contributed by atoms with Gasteiger partial charge in [-0.05, 0) is 153 Å². The van der Waals surface area contributed by atoms with Crippen molar-refractivity contribution in [1.82, 2.24) is 35.8 Å². The molecular formula is C55H79ClN10O9S. The summed E-state index contributed by atoms with van der Waals surface area (Å²) in [7, 11) is -4.20. The molecule has 1 saturated carbocycles. The maximum atomic E-state index is 14.6. The average molecular weight is 1090 g/mol. The van der Waals surface area contributed by atoms with Gasteiger partial charge in [0.15, 0.2) is 0 Å². The van der Waals surface area contributed by atoms with Crippen molar-refractivity contribution in [3.63, 3.8) is 0 Å². The van der Waals surface area contributed by atoms with Crippen LogP contribution in [0.3, 0.4) is 0 Å². The molecule has 6 amide bonds. The first kappa shape index (κ1) is 59.3. The number of nitrogens with two attached hydrogens (primary N) is 2. The number of hydrogen-bond donors (Lipinski definition) is 7. The number of benzene rings is 2. The van der Waals surface area contributed by atoms with Crippen LogP contribution in [0.4, 0.5) is 0 Å². The third kappa shape index (κ3) is 14.1. The van der Waals surface area contributed by atoms with Gasteiger partial charge < -0.3 is 47.3 Å². The molecule has 19 nitrogen and oxygen atoms in total. The van der Waals surface area contributed by atoms with E-state index in [0.29, 0.717) is 105 Å². The Hall–Kier alpha value is -5.99. The summed E-state index contributed by atoms with van der Waals surface area (Å²) < 4.78 is 36.4. The minimum Gasteiger partial charge on any atom is -0.487 e. The number of aliphatic imine (C=N–C) groups is 1. The van der Waals surface area contributed by atoms with Crippen LogP contribution in [0.25, 0.3) is 0 Å². The van der Waals surface area contributed by atoms with E-state index in [9.17, 15) is 37.2 Å². The first-order valence-corrected chi connectivity index (χ1v) is 28.6. The molecule has 3 heterocycles. The summed E-state index contributed by atoms with van der Waals surface area (Å²) >= 11 is 6.53. The van der Waals surface area contributed by atoms with Crippen molar-refractivity contribution in [2.45, 2.75) is 184 Å². The van der Waals surface area contributed by atoms with Crippen LogP contribution in [0.1, 0.15) is 132 Å². The molecule has 6 rings (SSSR count). The van der Waals surface area contributed by atoms with Crippen LogP contribution in [0.15, 0.2) is 59.5 Å². The average Bonchev–Trinajstić information content (AvgIpc) is 4.14. The molecule has 0 unspecified atom stereocenters. The van der Waals surface area contributed by atoms with Crippen molar-refractivity contribution in [3.05, 3.63) is 82.4 Å². The first-order chi connectivity index (χ1) is 36.0. The van der Waals surface area contributed by atoms with Crippen LogP contribution < -0.4 is 42.2 Å². The molecule has 1 aliphatic carbocycles. The number of halogens is 1. The van der Waals surface area contributed by atoms with E-state index in [0.717, 1.165) is 11.1 Å². The number of rotatable bonds is 25. The van der Waals surface area contributed by atoms with E-state index >= 15 is 0 Å². The van der Waals surface area contributed by atoms with E-state index in [1.54, 1.807) is 50.3 Å². The van der Waals surface area contributed by atoms with Crippen molar-refractivity contribution in [3.8, 4) is 5.75 Å². The molecule has 0 bridgehead atoms. The van der Waals surface area contributed by atoms with Gasteiger partial charge in [-0.1, -0.05) is 42.0 Å². The zero-order valence-electron chi connectivity index (χ0n) is 44.9. The topological polar surface area (TPSA) is 277 Å². The predicted octanol–water partition coefficient (Wildman–Crippen LogP) is 4.35. The predicted molar refractivity (Wildman–Crippen MR) is 293 cm³/mol. The SMILES string of the molecule is C=CCCCNC(=O)[C@@H]1CCCN1C(=O)[C@H](CCCN=C(N)NS(=O)(=O)c1c(C)c(C)c2c(c1C)CC(C)(C)O2)NC(=O)C1(NC(=O)[C@@H]2CCCN2C(=O)[C@H](Cc2ccccc2Cl)NC(=O)[C@@H](N)CCCC=C)CCC1. The van der Waals surface area contributed by atoms with Crippen LogP contribution in [-0.4, -0.2) is 127 Å². The van der Waals surface area contributed by atoms with Gasteiger partial charge in [0, 0.05) is 49.6 Å². The normalized spacial score (nSPS) is 19.8. The second-order valence-electron chi connectivity index (χ2n) is 21.3. The van der Waals surface area contributed by atoms with Gasteiger partial charge >= 0.3 is 0 Å². The fourth-order valence-electron chi connectivity index (χ4n) is 10.7. The largest absolute Gasteiger partial charge is 0.487 e. The standard InChI is InChI=1S/C55H79ClN10O9S/c1-8-10-12-22-40(57)47(67)61-42(32-37-20-13-14-21-39(37)56)51(71)66-31-18-25-44(66)49(69)63-55(26-19-27-55)52(72)62-41(50(70)65-30-17-24-43(65)48(68)59-28-15-11-9-2)23-16-29-60-53(58)64-76(73,74)46-35(4)34(3)45-38(36(46)5)33-54(6,7)75-45/h8-9,13-14,20-21,40-44H,1-2,10-12,15-19,22-33,57H2,3-7H3,(H,59,68)(H,61,67)(H,62,72)(H,63,69)(H3,58,60,64)/t40-,41-,42-,43-,44-/m0/s1. The van der Waals surface area contributed by atoms with E-state index in [4.69, 9.17) is 27.8 Å². The maximum Gasteiger partial charge on any atom is 0.264 e. The molecule has 5 atom stereocenters. The molecule has 3 fully saturated rings. The van der Waals surface area contributed by atoms with Gasteiger partial charge in [0.05, 0.1) is 10.9 Å². The number of allylic oxidation sites excluding steroid dienone is 2. The molecule has 9 N–H and O–H groups in total. The zero-order chi connectivity index (χ0) is 55.5. The molecule has 3 aliphatic heterocycles. The smallest absolute Gasteiger partial charge is 0.264 e. The van der Waals surface area contributed by atoms with Crippen LogP contribution in [0.2, 0.25) is 5.02 Å². The Balaban J connectivity index is 1.18. The summed E-state index contributed by atoms with van der Waals surface area (Å²) in [5, 5.41) is 12.1. The lowest BCUT2D eigenvalue weighted by molar-refractivity contribution is -0.146. The molecule has 0 spiro atoms. The van der Waals surface area contributed by atoms with Crippen molar-refractivity contribution >= 4 is 63.0 Å². The number of nitrogens with zero attached hydrogens (tertiary/aromatic N) is 3. The number of likely N-dealkylation sites (tertiary alicyclic amines) is 2. The van der Waals surface area contributed by atoms with Crippen LogP contribution >= 0.6 is 11.6 Å². The first-order valence-electron chi connectivity index (χ1n) is 26.7. The fraction of sp³-hybridized carbons (Fsp3) is 0.582. The van der Waals surface area contributed by atoms with Crippen molar-refractivity contribution in [2.24, 2.45) is 16.5 Å². The van der Waals surface area contributed by atoms with Gasteiger partial charge in [0.1, 0.15) is 41.1 Å². The second-order valence-corrected chi connectivity index (χ2v) is 23.3. The van der Waals surface area contributed by atoms with Crippen molar-refractivity contribution < 1.29 is 41.9 Å². The number of unbranched alkanes of at least 4 members (excludes halogenated alkanes) is 2. The quantitative estimate of drug-likeness (QED) is 0.0318. The Bertz CT molecular complexity index is 2670. The van der Waals surface area contributed by atoms with Crippen LogP contribution in [0, 0.1) is 20.8 Å². The van der Waals surface area contributed by atoms with Crippen LogP contribution in [0.5, 0.6) is 5.75 Å². The number of sulfonamides is 1. The summed E-state index contributed by atoms with van der Waals surface area (Å²) in [6.07, 6.45) is 10.2. The molecule has 4 aliphatic rings. The van der Waals surface area contributed by atoms with Crippen molar-refractivity contribution in [2.75, 3.05) is 26.2 Å². The number of guanidine groups is 1. The lowest BCUT2D eigenvalue weighted by atomic mass is 9.75. The third-order valence-corrected chi connectivity index (χ3v) is 17.2. The highest BCUT2D eigenvalue weighted by Gasteiger charge is 2.50. The summed E-state index contributed by atoms with van der Waals surface area (Å²) in [6, 6.07) is 2.08. The van der Waals surface area contributed by atoms with Crippen molar-refractivity contribution in [1.29, 1.82) is 0 Å². The van der Waals surface area contributed by atoms with Gasteiger partial charge in [0.2, 0.25) is 41.4 Å². The van der Waals surface area contributed by atoms with E-state index < -0.39 is 80.9 Å². The van der Waals surface area contributed by atoms with Crippen LogP contribution in [-0.2, 0) is 51.6 Å². The summed E-state index contributed by atoms with van der Waals surface area (Å²) in [6.45, 7) is 17.5. The Morgan fingerprint density at radius 3 is 2.12 bits per heavy atom. The second kappa shape index (κ2) is 25.9. The van der Waals surface area contributed by atoms with Gasteiger partial charge in [-0.2, -0.15) is 0 Å². The number of amides is 6. The lowest BCUT2D eigenvalue weighted by Crippen LogP contribution is -2.67. The molecule has 76 heavy (non-hydrogen) atoms. The lowest BCUT2D eigenvalue weighted by Gasteiger charge is -2.43. The summed E-state index contributed by atoms with van der Waals surface area (Å²) in [4.78, 5) is 92.4. The van der Waals surface area contributed by atoms with Gasteiger partial charge in [-0.3, -0.25) is 33.8 Å². The van der Waals surface area contributed by atoms with E-state index in [2.05, 4.69) is 44.1 Å².